The molecule has 80 valence electrons. The summed E-state index contributed by atoms with van der Waals surface area (Å²) < 4.78 is 0.732. The molecule has 2 N–H and O–H groups in total. The summed E-state index contributed by atoms with van der Waals surface area (Å²) in [7, 11) is 1.81. The van der Waals surface area contributed by atoms with E-state index in [2.05, 4.69) is 25.9 Å². The molecule has 1 aromatic heterocycles. The number of hydrogen-bond acceptors (Lipinski definition) is 3. The van der Waals surface area contributed by atoms with Crippen LogP contribution in [0.3, 0.4) is 0 Å². The molecule has 15 heavy (non-hydrogen) atoms. The quantitative estimate of drug-likeness (QED) is 0.662. The van der Waals surface area contributed by atoms with Gasteiger partial charge in [0.2, 0.25) is 0 Å². The molecular formula is C11H14BrN3. The van der Waals surface area contributed by atoms with E-state index in [0.29, 0.717) is 5.69 Å². The van der Waals surface area contributed by atoms with Gasteiger partial charge in [-0.3, -0.25) is 4.99 Å². The van der Waals surface area contributed by atoms with Crippen molar-refractivity contribution in [1.82, 2.24) is 4.98 Å². The number of nitrogens with two attached hydrogens (primary N) is 1. The maximum Gasteiger partial charge on any atom is 0.129 e. The molecule has 0 aliphatic heterocycles. The van der Waals surface area contributed by atoms with E-state index in [1.807, 2.05) is 25.4 Å². The monoisotopic (exact) mass is 267 g/mol. The van der Waals surface area contributed by atoms with E-state index in [4.69, 9.17) is 5.73 Å². The number of aliphatic imine (C=N–C) groups is 1. The highest BCUT2D eigenvalue weighted by atomic mass is 79.9. The van der Waals surface area contributed by atoms with Gasteiger partial charge in [-0.2, -0.15) is 0 Å². The Morgan fingerprint density at radius 1 is 1.53 bits per heavy atom. The average molecular weight is 268 g/mol. The van der Waals surface area contributed by atoms with Crippen LogP contribution < -0.4 is 5.73 Å². The van der Waals surface area contributed by atoms with Crippen molar-refractivity contribution in [2.75, 3.05) is 12.8 Å². The van der Waals surface area contributed by atoms with Gasteiger partial charge in [0.1, 0.15) is 4.60 Å². The lowest BCUT2D eigenvalue weighted by atomic mass is 9.67. The molecule has 0 saturated heterocycles. The van der Waals surface area contributed by atoms with Crippen LogP contribution in [0.15, 0.2) is 21.7 Å². The number of hydrogen-bond donors (Lipinski definition) is 1. The van der Waals surface area contributed by atoms with Crippen molar-refractivity contribution in [3.05, 3.63) is 22.4 Å². The fraction of sp³-hybridized carbons (Fsp3) is 0.455. The van der Waals surface area contributed by atoms with Gasteiger partial charge in [-0.15, -0.1) is 0 Å². The molecule has 0 unspecified atom stereocenters. The SMILES string of the molecule is C/N=C/C1(c2ccc(N)c(Br)n2)CCC1. The predicted molar refractivity (Wildman–Crippen MR) is 66.3 cm³/mol. The van der Waals surface area contributed by atoms with E-state index in [1.165, 1.54) is 6.42 Å². The zero-order valence-electron chi connectivity index (χ0n) is 8.70. The fourth-order valence-electron chi connectivity index (χ4n) is 1.98. The molecule has 1 aliphatic carbocycles. The van der Waals surface area contributed by atoms with E-state index in [1.54, 1.807) is 0 Å². The summed E-state index contributed by atoms with van der Waals surface area (Å²) in [6.45, 7) is 0. The minimum atomic E-state index is 0.0605. The van der Waals surface area contributed by atoms with E-state index in [0.717, 1.165) is 23.1 Å². The van der Waals surface area contributed by atoms with Gasteiger partial charge in [-0.1, -0.05) is 6.42 Å². The van der Waals surface area contributed by atoms with Crippen LogP contribution in [0.2, 0.25) is 0 Å². The molecule has 0 spiro atoms. The van der Waals surface area contributed by atoms with Crippen LogP contribution in [0.5, 0.6) is 0 Å². The third kappa shape index (κ3) is 1.78. The van der Waals surface area contributed by atoms with Gasteiger partial charge in [-0.05, 0) is 40.9 Å². The molecular weight excluding hydrogens is 254 g/mol. The molecule has 3 nitrogen and oxygen atoms in total. The second kappa shape index (κ2) is 3.93. The molecule has 1 heterocycles. The highest BCUT2D eigenvalue weighted by Crippen LogP contribution is 2.42. The molecule has 1 aromatic rings. The van der Waals surface area contributed by atoms with E-state index >= 15 is 0 Å². The molecule has 0 radical (unpaired) electrons. The van der Waals surface area contributed by atoms with Crippen molar-refractivity contribution in [3.63, 3.8) is 0 Å². The van der Waals surface area contributed by atoms with Crippen LogP contribution in [-0.2, 0) is 5.41 Å². The lowest BCUT2D eigenvalue weighted by Gasteiger charge is -2.38. The van der Waals surface area contributed by atoms with Gasteiger partial charge in [0.25, 0.3) is 0 Å². The summed E-state index contributed by atoms with van der Waals surface area (Å²) in [5.74, 6) is 0. The molecule has 1 aliphatic rings. The number of halogens is 1. The summed E-state index contributed by atoms with van der Waals surface area (Å²) in [6, 6.07) is 3.90. The van der Waals surface area contributed by atoms with Crippen LogP contribution in [-0.4, -0.2) is 18.2 Å². The number of rotatable bonds is 2. The zero-order chi connectivity index (χ0) is 10.9. The summed E-state index contributed by atoms with van der Waals surface area (Å²) >= 11 is 3.36. The van der Waals surface area contributed by atoms with Gasteiger partial charge in [0.05, 0.1) is 11.4 Å². The summed E-state index contributed by atoms with van der Waals surface area (Å²) in [5, 5.41) is 0. The van der Waals surface area contributed by atoms with Crippen LogP contribution in [0.25, 0.3) is 0 Å². The highest BCUT2D eigenvalue weighted by Gasteiger charge is 2.38. The molecule has 2 rings (SSSR count). The molecule has 1 fully saturated rings. The Hall–Kier alpha value is -0.900. The Labute approximate surface area is 97.9 Å². The Morgan fingerprint density at radius 3 is 2.73 bits per heavy atom. The van der Waals surface area contributed by atoms with E-state index in [-0.39, 0.29) is 5.41 Å². The van der Waals surface area contributed by atoms with Gasteiger partial charge >= 0.3 is 0 Å². The standard InChI is InChI=1S/C11H14BrN3/c1-14-7-11(5-2-6-11)9-4-3-8(13)10(12)15-9/h3-4,7H,2,5-6,13H2,1H3/b14-7+. The summed E-state index contributed by atoms with van der Waals surface area (Å²) in [4.78, 5) is 8.63. The number of nitrogens with zero attached hydrogens (tertiary/aromatic N) is 2. The van der Waals surface area contributed by atoms with Gasteiger partial charge < -0.3 is 5.73 Å². The second-order valence-corrected chi connectivity index (χ2v) is 4.72. The number of nitrogen functional groups attached to an aromatic ring is 1. The van der Waals surface area contributed by atoms with Crippen molar-refractivity contribution in [1.29, 1.82) is 0 Å². The first-order valence-corrected chi connectivity index (χ1v) is 5.83. The zero-order valence-corrected chi connectivity index (χ0v) is 10.3. The van der Waals surface area contributed by atoms with Crippen molar-refractivity contribution in [2.45, 2.75) is 24.7 Å². The first-order chi connectivity index (χ1) is 7.18. The van der Waals surface area contributed by atoms with Crippen LogP contribution in [0.1, 0.15) is 25.0 Å². The molecule has 0 amide bonds. The van der Waals surface area contributed by atoms with Crippen molar-refractivity contribution in [2.24, 2.45) is 4.99 Å². The van der Waals surface area contributed by atoms with Gasteiger partial charge in [-0.25, -0.2) is 4.98 Å². The first-order valence-electron chi connectivity index (χ1n) is 5.04. The Kier molecular flexibility index (Phi) is 2.78. The largest absolute Gasteiger partial charge is 0.397 e. The number of aromatic nitrogens is 1. The Balaban J connectivity index is 2.39. The lowest BCUT2D eigenvalue weighted by molar-refractivity contribution is 0.339. The first kappa shape index (κ1) is 10.6. The fourth-order valence-corrected chi connectivity index (χ4v) is 2.30. The van der Waals surface area contributed by atoms with E-state index < -0.39 is 0 Å². The van der Waals surface area contributed by atoms with Crippen LogP contribution in [0.4, 0.5) is 5.69 Å². The van der Waals surface area contributed by atoms with Crippen LogP contribution >= 0.6 is 15.9 Å². The normalized spacial score (nSPS) is 19.1. The minimum absolute atomic E-state index is 0.0605. The number of pyridine rings is 1. The average Bonchev–Trinajstić information content (AvgIpc) is 2.16. The molecule has 0 atom stereocenters. The lowest BCUT2D eigenvalue weighted by Crippen LogP contribution is -2.36. The van der Waals surface area contributed by atoms with E-state index in [9.17, 15) is 0 Å². The summed E-state index contributed by atoms with van der Waals surface area (Å²) in [6.07, 6.45) is 5.53. The highest BCUT2D eigenvalue weighted by molar-refractivity contribution is 9.10. The third-order valence-corrected chi connectivity index (χ3v) is 3.64. The molecule has 1 saturated carbocycles. The van der Waals surface area contributed by atoms with Crippen molar-refractivity contribution >= 4 is 27.8 Å². The second-order valence-electron chi connectivity index (χ2n) is 3.97. The molecule has 0 aromatic carbocycles. The third-order valence-electron chi connectivity index (χ3n) is 3.01. The number of anilines is 1. The Morgan fingerprint density at radius 2 is 2.27 bits per heavy atom. The minimum Gasteiger partial charge on any atom is -0.397 e. The van der Waals surface area contributed by atoms with Crippen LogP contribution in [0, 0.1) is 0 Å². The van der Waals surface area contributed by atoms with Gasteiger partial charge in [0.15, 0.2) is 0 Å². The van der Waals surface area contributed by atoms with Crippen molar-refractivity contribution < 1.29 is 0 Å². The van der Waals surface area contributed by atoms with Gasteiger partial charge in [0, 0.05) is 18.7 Å². The maximum absolute atomic E-state index is 5.72. The Bertz CT molecular complexity index is 397. The topological polar surface area (TPSA) is 51.3 Å². The summed E-state index contributed by atoms with van der Waals surface area (Å²) in [5.41, 5.74) is 7.53. The predicted octanol–water partition coefficient (Wildman–Crippen LogP) is 2.55. The molecule has 4 heteroatoms. The maximum atomic E-state index is 5.72. The smallest absolute Gasteiger partial charge is 0.129 e. The van der Waals surface area contributed by atoms with Crippen molar-refractivity contribution in [3.8, 4) is 0 Å². The molecule has 0 bridgehead atoms.